The molecule has 6 heteroatoms. The highest BCUT2D eigenvalue weighted by Crippen LogP contribution is 2.24. The van der Waals surface area contributed by atoms with E-state index in [0.717, 1.165) is 51.3 Å². The molecule has 1 atom stereocenters. The van der Waals surface area contributed by atoms with Crippen molar-refractivity contribution in [3.05, 3.63) is 29.6 Å². The summed E-state index contributed by atoms with van der Waals surface area (Å²) in [6.45, 7) is 9.93. The zero-order valence-electron chi connectivity index (χ0n) is 17.7. The van der Waals surface area contributed by atoms with Gasteiger partial charge in [0, 0.05) is 50.4 Å². The molecule has 6 nitrogen and oxygen atoms in total. The smallest absolute Gasteiger partial charge is 0.223 e. The van der Waals surface area contributed by atoms with Gasteiger partial charge in [-0.25, -0.2) is 0 Å². The fourth-order valence-electron chi connectivity index (χ4n) is 4.54. The fourth-order valence-corrected chi connectivity index (χ4v) is 4.54. The molecule has 0 aromatic carbocycles. The Morgan fingerprint density at radius 1 is 1.21 bits per heavy atom. The third-order valence-corrected chi connectivity index (χ3v) is 6.11. The van der Waals surface area contributed by atoms with E-state index in [1.54, 1.807) is 7.11 Å². The molecule has 0 saturated carbocycles. The summed E-state index contributed by atoms with van der Waals surface area (Å²) in [6, 6.07) is 7.03. The standard InChI is InChI=1S/C22H36N4O2/c1-17-5-4-6-20(23-17)15-25-11-9-21(10-12-25)26-13-7-19(8-14-26)22(27)24-18(2)16-28-3/h4-6,18-19,21H,7-16H2,1-3H3,(H,24,27)/t18-/m0/s1. The molecular weight excluding hydrogens is 352 g/mol. The summed E-state index contributed by atoms with van der Waals surface area (Å²) in [6.07, 6.45) is 4.37. The number of piperidine rings is 2. The number of nitrogens with zero attached hydrogens (tertiary/aromatic N) is 3. The van der Waals surface area contributed by atoms with E-state index < -0.39 is 0 Å². The summed E-state index contributed by atoms with van der Waals surface area (Å²) in [5.41, 5.74) is 2.27. The summed E-state index contributed by atoms with van der Waals surface area (Å²) in [4.78, 5) is 22.2. The van der Waals surface area contributed by atoms with Crippen molar-refractivity contribution in [1.29, 1.82) is 0 Å². The Hall–Kier alpha value is -1.50. The molecule has 0 bridgehead atoms. The van der Waals surface area contributed by atoms with Gasteiger partial charge in [0.25, 0.3) is 0 Å². The lowest BCUT2D eigenvalue weighted by atomic mass is 9.92. The number of rotatable bonds is 7. The van der Waals surface area contributed by atoms with Crippen LogP contribution < -0.4 is 5.32 Å². The largest absolute Gasteiger partial charge is 0.383 e. The second-order valence-electron chi connectivity index (χ2n) is 8.45. The average molecular weight is 389 g/mol. The maximum Gasteiger partial charge on any atom is 0.223 e. The minimum Gasteiger partial charge on any atom is -0.383 e. The number of aromatic nitrogens is 1. The number of carbonyl (C=O) groups is 1. The van der Waals surface area contributed by atoms with Crippen molar-refractivity contribution < 1.29 is 9.53 Å². The first-order valence-electron chi connectivity index (χ1n) is 10.7. The van der Waals surface area contributed by atoms with E-state index in [4.69, 9.17) is 4.74 Å². The number of aryl methyl sites for hydroxylation is 1. The summed E-state index contributed by atoms with van der Waals surface area (Å²) >= 11 is 0. The Bertz CT molecular complexity index is 623. The van der Waals surface area contributed by atoms with Gasteiger partial charge < -0.3 is 15.0 Å². The summed E-state index contributed by atoms with van der Waals surface area (Å²) in [5, 5.41) is 3.08. The van der Waals surface area contributed by atoms with E-state index in [2.05, 4.69) is 45.2 Å². The van der Waals surface area contributed by atoms with Crippen LogP contribution in [0, 0.1) is 12.8 Å². The number of hydrogen-bond donors (Lipinski definition) is 1. The normalized spacial score (nSPS) is 21.5. The Kier molecular flexibility index (Phi) is 7.82. The predicted octanol–water partition coefficient (Wildman–Crippen LogP) is 2.22. The van der Waals surface area contributed by atoms with Crippen LogP contribution >= 0.6 is 0 Å². The van der Waals surface area contributed by atoms with Crippen molar-refractivity contribution in [3.63, 3.8) is 0 Å². The Morgan fingerprint density at radius 2 is 1.93 bits per heavy atom. The highest BCUT2D eigenvalue weighted by atomic mass is 16.5. The number of amides is 1. The zero-order chi connectivity index (χ0) is 19.9. The molecule has 0 radical (unpaired) electrons. The zero-order valence-corrected chi connectivity index (χ0v) is 17.7. The predicted molar refractivity (Wildman–Crippen MR) is 111 cm³/mol. The van der Waals surface area contributed by atoms with Crippen molar-refractivity contribution in [2.75, 3.05) is 39.9 Å². The molecule has 28 heavy (non-hydrogen) atoms. The van der Waals surface area contributed by atoms with Crippen LogP contribution in [-0.4, -0.2) is 72.7 Å². The third-order valence-electron chi connectivity index (χ3n) is 6.11. The molecule has 0 unspecified atom stereocenters. The van der Waals surface area contributed by atoms with Crippen LogP contribution in [0.3, 0.4) is 0 Å². The van der Waals surface area contributed by atoms with Crippen molar-refractivity contribution in [2.24, 2.45) is 5.92 Å². The van der Waals surface area contributed by atoms with Gasteiger partial charge >= 0.3 is 0 Å². The molecule has 3 rings (SSSR count). The number of pyridine rings is 1. The fraction of sp³-hybridized carbons (Fsp3) is 0.727. The number of carbonyl (C=O) groups excluding carboxylic acids is 1. The van der Waals surface area contributed by atoms with Gasteiger partial charge in [-0.15, -0.1) is 0 Å². The maximum atomic E-state index is 12.4. The van der Waals surface area contributed by atoms with E-state index in [-0.39, 0.29) is 17.9 Å². The second kappa shape index (κ2) is 10.3. The molecule has 0 aliphatic carbocycles. The molecule has 2 fully saturated rings. The van der Waals surface area contributed by atoms with E-state index in [9.17, 15) is 4.79 Å². The number of ether oxygens (including phenoxy) is 1. The SMILES string of the molecule is COC[C@H](C)NC(=O)C1CCN(C2CCN(Cc3cccc(C)n3)CC2)CC1. The first-order valence-corrected chi connectivity index (χ1v) is 10.7. The minimum absolute atomic E-state index is 0.0859. The van der Waals surface area contributed by atoms with E-state index in [0.29, 0.717) is 12.6 Å². The second-order valence-corrected chi connectivity index (χ2v) is 8.45. The monoisotopic (exact) mass is 388 g/mol. The lowest BCUT2D eigenvalue weighted by molar-refractivity contribution is -0.127. The number of nitrogens with one attached hydrogen (secondary N) is 1. The average Bonchev–Trinajstić information content (AvgIpc) is 2.69. The Morgan fingerprint density at radius 3 is 2.57 bits per heavy atom. The summed E-state index contributed by atoms with van der Waals surface area (Å²) in [7, 11) is 1.67. The van der Waals surface area contributed by atoms with Gasteiger partial charge in [0.05, 0.1) is 12.3 Å². The Labute approximate surface area is 169 Å². The summed E-state index contributed by atoms with van der Waals surface area (Å²) < 4.78 is 5.11. The van der Waals surface area contributed by atoms with E-state index in [1.807, 2.05) is 6.92 Å². The molecule has 1 N–H and O–H groups in total. The maximum absolute atomic E-state index is 12.4. The van der Waals surface area contributed by atoms with Gasteiger partial charge in [0.2, 0.25) is 5.91 Å². The first-order chi connectivity index (χ1) is 13.5. The van der Waals surface area contributed by atoms with Crippen molar-refractivity contribution >= 4 is 5.91 Å². The van der Waals surface area contributed by atoms with Gasteiger partial charge in [0.15, 0.2) is 0 Å². The highest BCUT2D eigenvalue weighted by Gasteiger charge is 2.31. The lowest BCUT2D eigenvalue weighted by Gasteiger charge is -2.41. The molecule has 1 aromatic heterocycles. The van der Waals surface area contributed by atoms with Gasteiger partial charge in [-0.1, -0.05) is 6.07 Å². The van der Waals surface area contributed by atoms with Gasteiger partial charge in [-0.05, 0) is 64.8 Å². The Balaban J connectivity index is 1.38. The molecule has 2 aliphatic heterocycles. The first kappa shape index (κ1) is 21.2. The van der Waals surface area contributed by atoms with Crippen LogP contribution in [0.5, 0.6) is 0 Å². The third kappa shape index (κ3) is 6.00. The molecular formula is C22H36N4O2. The minimum atomic E-state index is 0.0859. The van der Waals surface area contributed by atoms with Gasteiger partial charge in [-0.2, -0.15) is 0 Å². The lowest BCUT2D eigenvalue weighted by Crippen LogP contribution is -2.49. The van der Waals surface area contributed by atoms with E-state index >= 15 is 0 Å². The van der Waals surface area contributed by atoms with E-state index in [1.165, 1.54) is 18.5 Å². The van der Waals surface area contributed by atoms with Crippen LogP contribution in [0.1, 0.15) is 44.0 Å². The molecule has 2 aliphatic rings. The molecule has 3 heterocycles. The molecule has 1 aromatic rings. The van der Waals surface area contributed by atoms with Crippen LogP contribution in [0.15, 0.2) is 18.2 Å². The molecule has 1 amide bonds. The topological polar surface area (TPSA) is 57.7 Å². The number of hydrogen-bond acceptors (Lipinski definition) is 5. The van der Waals surface area contributed by atoms with Crippen molar-refractivity contribution in [1.82, 2.24) is 20.1 Å². The van der Waals surface area contributed by atoms with Crippen LogP contribution in [-0.2, 0) is 16.1 Å². The van der Waals surface area contributed by atoms with Crippen LogP contribution in [0.4, 0.5) is 0 Å². The van der Waals surface area contributed by atoms with Gasteiger partial charge in [-0.3, -0.25) is 14.7 Å². The summed E-state index contributed by atoms with van der Waals surface area (Å²) in [5.74, 6) is 0.354. The highest BCUT2D eigenvalue weighted by molar-refractivity contribution is 5.79. The van der Waals surface area contributed by atoms with Crippen LogP contribution in [0.25, 0.3) is 0 Å². The molecule has 0 spiro atoms. The van der Waals surface area contributed by atoms with Crippen LogP contribution in [0.2, 0.25) is 0 Å². The van der Waals surface area contributed by atoms with Crippen molar-refractivity contribution in [2.45, 2.75) is 58.2 Å². The quantitative estimate of drug-likeness (QED) is 0.776. The van der Waals surface area contributed by atoms with Gasteiger partial charge in [0.1, 0.15) is 0 Å². The van der Waals surface area contributed by atoms with Crippen molar-refractivity contribution in [3.8, 4) is 0 Å². The molecule has 156 valence electrons. The molecule has 2 saturated heterocycles. The number of methoxy groups -OCH3 is 1. The number of likely N-dealkylation sites (tertiary alicyclic amines) is 2.